The van der Waals surface area contributed by atoms with Crippen LogP contribution in [0.5, 0.6) is 0 Å². The van der Waals surface area contributed by atoms with Crippen molar-refractivity contribution in [3.8, 4) is 0 Å². The molecule has 1 unspecified atom stereocenters. The molecule has 3 nitrogen and oxygen atoms in total. The van der Waals surface area contributed by atoms with Crippen LogP contribution in [-0.4, -0.2) is 18.9 Å². The van der Waals surface area contributed by atoms with Gasteiger partial charge in [0.2, 0.25) is 0 Å². The van der Waals surface area contributed by atoms with Crippen LogP contribution in [0.3, 0.4) is 0 Å². The minimum absolute atomic E-state index is 0.273. The number of carbonyl (C=O) groups is 2. The first-order chi connectivity index (χ1) is 3.81. The van der Waals surface area contributed by atoms with Crippen LogP contribution < -0.4 is 0 Å². The molecule has 8 heavy (non-hydrogen) atoms. The third kappa shape index (κ3) is 3.33. The molecule has 0 heterocycles. The van der Waals surface area contributed by atoms with E-state index in [1.54, 1.807) is 6.92 Å². The highest BCUT2D eigenvalue weighted by molar-refractivity contribution is 5.50. The molecule has 0 rings (SSSR count). The van der Waals surface area contributed by atoms with Crippen LogP contribution in [0.1, 0.15) is 13.3 Å². The Bertz CT molecular complexity index is 69.7. The van der Waals surface area contributed by atoms with E-state index in [4.69, 9.17) is 0 Å². The van der Waals surface area contributed by atoms with E-state index >= 15 is 0 Å². The summed E-state index contributed by atoms with van der Waals surface area (Å²) in [4.78, 5) is 19.2. The first-order valence-corrected chi connectivity index (χ1v) is 2.34. The number of carbonyl (C=O) groups excluding carboxylic acids is 2. The van der Waals surface area contributed by atoms with E-state index in [2.05, 4.69) is 4.74 Å². The second-order valence-electron chi connectivity index (χ2n) is 1.45. The van der Waals surface area contributed by atoms with Gasteiger partial charge in [-0.05, 0) is 6.92 Å². The lowest BCUT2D eigenvalue weighted by Crippen LogP contribution is -2.06. The van der Waals surface area contributed by atoms with Crippen LogP contribution in [0.2, 0.25) is 0 Å². The molecule has 0 aliphatic rings. The number of hydrogen-bond donors (Lipinski definition) is 0. The van der Waals surface area contributed by atoms with Gasteiger partial charge in [0.05, 0.1) is 0 Å². The molecule has 0 saturated carbocycles. The summed E-state index contributed by atoms with van der Waals surface area (Å²) in [6.45, 7) is 2.00. The number of rotatable bonds is 4. The van der Waals surface area contributed by atoms with Gasteiger partial charge in [0, 0.05) is 6.42 Å². The zero-order chi connectivity index (χ0) is 6.41. The lowest BCUT2D eigenvalue weighted by atomic mass is 10.3. The zero-order valence-electron chi connectivity index (χ0n) is 4.66. The number of ether oxygens (including phenoxy) is 1. The summed E-state index contributed by atoms with van der Waals surface area (Å²) in [5, 5.41) is 0. The number of hydrogen-bond acceptors (Lipinski definition) is 3. The molecule has 0 N–H and O–H groups in total. The molecule has 3 heteroatoms. The molecule has 0 radical (unpaired) electrons. The summed E-state index contributed by atoms with van der Waals surface area (Å²) >= 11 is 0. The van der Waals surface area contributed by atoms with Gasteiger partial charge in [-0.15, -0.1) is 0 Å². The standard InChI is InChI=1S/C5H8O3/c1-5(2-3-6)8-4-7/h3-5H,2H2,1H3. The zero-order valence-corrected chi connectivity index (χ0v) is 4.66. The topological polar surface area (TPSA) is 43.4 Å². The molecular weight excluding hydrogens is 108 g/mol. The highest BCUT2D eigenvalue weighted by Crippen LogP contribution is 1.89. The summed E-state index contributed by atoms with van der Waals surface area (Å²) in [5.41, 5.74) is 0. The van der Waals surface area contributed by atoms with Crippen molar-refractivity contribution < 1.29 is 14.3 Å². The lowest BCUT2D eigenvalue weighted by Gasteiger charge is -2.01. The van der Waals surface area contributed by atoms with Crippen molar-refractivity contribution in [2.24, 2.45) is 0 Å². The Kier molecular flexibility index (Phi) is 3.84. The fourth-order valence-electron chi connectivity index (χ4n) is 0.286. The fourth-order valence-corrected chi connectivity index (χ4v) is 0.286. The third-order valence-electron chi connectivity index (χ3n) is 0.716. The van der Waals surface area contributed by atoms with Gasteiger partial charge in [-0.25, -0.2) is 0 Å². The molecule has 0 aliphatic carbocycles. The SMILES string of the molecule is CC(CC=O)OC=O. The average molecular weight is 116 g/mol. The molecule has 1 atom stereocenters. The van der Waals surface area contributed by atoms with Gasteiger partial charge in [0.1, 0.15) is 12.4 Å². The molecule has 0 saturated heterocycles. The van der Waals surface area contributed by atoms with Crippen LogP contribution in [-0.2, 0) is 14.3 Å². The van der Waals surface area contributed by atoms with Crippen LogP contribution in [0.15, 0.2) is 0 Å². The smallest absolute Gasteiger partial charge is 0.293 e. The summed E-state index contributed by atoms with van der Waals surface area (Å²) < 4.78 is 4.37. The van der Waals surface area contributed by atoms with Gasteiger partial charge >= 0.3 is 0 Å². The van der Waals surface area contributed by atoms with Crippen LogP contribution in [0.4, 0.5) is 0 Å². The van der Waals surface area contributed by atoms with Crippen molar-refractivity contribution >= 4 is 12.8 Å². The van der Waals surface area contributed by atoms with Crippen LogP contribution in [0.25, 0.3) is 0 Å². The predicted octanol–water partition coefficient (Wildman–Crippen LogP) is 0.137. The maximum absolute atomic E-state index is 9.69. The third-order valence-corrected chi connectivity index (χ3v) is 0.716. The van der Waals surface area contributed by atoms with Crippen molar-refractivity contribution in [3.05, 3.63) is 0 Å². The van der Waals surface area contributed by atoms with Crippen LogP contribution >= 0.6 is 0 Å². The van der Waals surface area contributed by atoms with E-state index in [0.29, 0.717) is 12.8 Å². The van der Waals surface area contributed by atoms with E-state index in [9.17, 15) is 9.59 Å². The van der Waals surface area contributed by atoms with E-state index in [0.717, 1.165) is 0 Å². The van der Waals surface area contributed by atoms with E-state index in [1.807, 2.05) is 0 Å². The van der Waals surface area contributed by atoms with Gasteiger partial charge in [-0.3, -0.25) is 4.79 Å². The van der Waals surface area contributed by atoms with E-state index in [1.165, 1.54) is 0 Å². The minimum Gasteiger partial charge on any atom is -0.464 e. The largest absolute Gasteiger partial charge is 0.464 e. The van der Waals surface area contributed by atoms with Crippen molar-refractivity contribution in [1.82, 2.24) is 0 Å². The maximum atomic E-state index is 9.69. The Morgan fingerprint density at radius 3 is 2.62 bits per heavy atom. The molecule has 0 aliphatic heterocycles. The van der Waals surface area contributed by atoms with Crippen molar-refractivity contribution in [2.75, 3.05) is 0 Å². The molecule has 0 spiro atoms. The Labute approximate surface area is 47.6 Å². The van der Waals surface area contributed by atoms with Gasteiger partial charge < -0.3 is 9.53 Å². The highest BCUT2D eigenvalue weighted by Gasteiger charge is 1.96. The van der Waals surface area contributed by atoms with Gasteiger partial charge in [0.25, 0.3) is 6.47 Å². The summed E-state index contributed by atoms with van der Waals surface area (Å²) in [7, 11) is 0. The Balaban J connectivity index is 3.16. The molecule has 0 aromatic carbocycles. The van der Waals surface area contributed by atoms with Crippen LogP contribution in [0, 0.1) is 0 Å². The Morgan fingerprint density at radius 2 is 2.25 bits per heavy atom. The van der Waals surface area contributed by atoms with E-state index in [-0.39, 0.29) is 12.5 Å². The second kappa shape index (κ2) is 4.30. The maximum Gasteiger partial charge on any atom is 0.293 e. The van der Waals surface area contributed by atoms with Crippen molar-refractivity contribution in [3.63, 3.8) is 0 Å². The molecule has 0 amide bonds. The molecular formula is C5H8O3. The highest BCUT2D eigenvalue weighted by atomic mass is 16.5. The number of aldehydes is 1. The van der Waals surface area contributed by atoms with Gasteiger partial charge in [0.15, 0.2) is 0 Å². The van der Waals surface area contributed by atoms with Gasteiger partial charge in [-0.2, -0.15) is 0 Å². The quantitative estimate of drug-likeness (QED) is 0.490. The molecule has 0 aromatic rings. The summed E-state index contributed by atoms with van der Waals surface area (Å²) in [6, 6.07) is 0. The Hall–Kier alpha value is -0.860. The fraction of sp³-hybridized carbons (Fsp3) is 0.600. The minimum atomic E-state index is -0.273. The molecule has 46 valence electrons. The molecule has 0 bridgehead atoms. The van der Waals surface area contributed by atoms with Gasteiger partial charge in [-0.1, -0.05) is 0 Å². The second-order valence-corrected chi connectivity index (χ2v) is 1.45. The normalized spacial score (nSPS) is 12.1. The summed E-state index contributed by atoms with van der Waals surface area (Å²) in [6.07, 6.45) is 0.720. The molecule has 0 fully saturated rings. The lowest BCUT2D eigenvalue weighted by molar-refractivity contribution is -0.133. The molecule has 0 aromatic heterocycles. The van der Waals surface area contributed by atoms with Crippen molar-refractivity contribution in [1.29, 1.82) is 0 Å². The first-order valence-electron chi connectivity index (χ1n) is 2.34. The predicted molar refractivity (Wildman–Crippen MR) is 27.3 cm³/mol. The van der Waals surface area contributed by atoms with E-state index < -0.39 is 0 Å². The first kappa shape index (κ1) is 7.14. The van der Waals surface area contributed by atoms with Crippen molar-refractivity contribution in [2.45, 2.75) is 19.4 Å². The summed E-state index contributed by atoms with van der Waals surface area (Å²) in [5.74, 6) is 0. The Morgan fingerprint density at radius 1 is 1.62 bits per heavy atom. The average Bonchev–Trinajstić information content (AvgIpc) is 1.68. The monoisotopic (exact) mass is 116 g/mol.